The van der Waals surface area contributed by atoms with E-state index < -0.39 is 5.54 Å². The molecule has 0 spiro atoms. The normalized spacial score (nSPS) is 20.8. The quantitative estimate of drug-likeness (QED) is 0.909. The Morgan fingerprint density at radius 3 is 2.70 bits per heavy atom. The van der Waals surface area contributed by atoms with Gasteiger partial charge in [-0.25, -0.2) is 4.39 Å². The van der Waals surface area contributed by atoms with Gasteiger partial charge in [-0.05, 0) is 49.1 Å². The van der Waals surface area contributed by atoms with Crippen LogP contribution in [0.25, 0.3) is 0 Å². The number of ether oxygens (including phenoxy) is 1. The van der Waals surface area contributed by atoms with E-state index in [2.05, 4.69) is 0 Å². The van der Waals surface area contributed by atoms with E-state index in [1.165, 1.54) is 11.6 Å². The van der Waals surface area contributed by atoms with Crippen molar-refractivity contribution in [3.05, 3.63) is 64.5 Å². The standard InChI is InChI=1S/C17H18FNO/c1-11-3-6-16(18)15(9-11)17(19)8-7-12-4-5-13(20-2)10-14(12)17/h3-6,9-10H,7-8,19H2,1-2H3. The molecule has 0 aliphatic heterocycles. The molecule has 0 aromatic heterocycles. The fourth-order valence-electron chi connectivity index (χ4n) is 3.04. The molecule has 0 saturated heterocycles. The van der Waals surface area contributed by atoms with Crippen molar-refractivity contribution in [3.63, 3.8) is 0 Å². The molecular weight excluding hydrogens is 253 g/mol. The average molecular weight is 271 g/mol. The topological polar surface area (TPSA) is 35.2 Å². The van der Waals surface area contributed by atoms with Crippen LogP contribution in [0.4, 0.5) is 4.39 Å². The highest BCUT2D eigenvalue weighted by atomic mass is 19.1. The predicted octanol–water partition coefficient (Wildman–Crippen LogP) is 3.29. The highest BCUT2D eigenvalue weighted by Crippen LogP contribution is 2.42. The second-order valence-corrected chi connectivity index (χ2v) is 5.48. The van der Waals surface area contributed by atoms with Gasteiger partial charge in [0.1, 0.15) is 11.6 Å². The van der Waals surface area contributed by atoms with Gasteiger partial charge < -0.3 is 10.5 Å². The van der Waals surface area contributed by atoms with Gasteiger partial charge in [0.05, 0.1) is 12.6 Å². The zero-order valence-corrected chi connectivity index (χ0v) is 11.7. The number of methoxy groups -OCH3 is 1. The van der Waals surface area contributed by atoms with Crippen LogP contribution in [0.5, 0.6) is 5.75 Å². The lowest BCUT2D eigenvalue weighted by Gasteiger charge is -2.27. The fourth-order valence-corrected chi connectivity index (χ4v) is 3.04. The maximum atomic E-state index is 14.2. The minimum Gasteiger partial charge on any atom is -0.497 e. The molecule has 104 valence electrons. The number of aryl methyl sites for hydroxylation is 2. The van der Waals surface area contributed by atoms with Crippen molar-refractivity contribution in [2.45, 2.75) is 25.3 Å². The molecule has 0 fully saturated rings. The minimum atomic E-state index is -0.764. The molecule has 0 bridgehead atoms. The molecule has 3 rings (SSSR count). The molecule has 2 N–H and O–H groups in total. The maximum absolute atomic E-state index is 14.2. The van der Waals surface area contributed by atoms with Crippen LogP contribution in [0.3, 0.4) is 0 Å². The van der Waals surface area contributed by atoms with Crippen LogP contribution in [0.2, 0.25) is 0 Å². The summed E-state index contributed by atoms with van der Waals surface area (Å²) >= 11 is 0. The van der Waals surface area contributed by atoms with Crippen LogP contribution in [0, 0.1) is 12.7 Å². The van der Waals surface area contributed by atoms with Crippen LogP contribution in [-0.4, -0.2) is 7.11 Å². The summed E-state index contributed by atoms with van der Waals surface area (Å²) in [6, 6.07) is 11.0. The monoisotopic (exact) mass is 271 g/mol. The van der Waals surface area contributed by atoms with Crippen LogP contribution >= 0.6 is 0 Å². The van der Waals surface area contributed by atoms with Crippen molar-refractivity contribution < 1.29 is 9.13 Å². The lowest BCUT2D eigenvalue weighted by Crippen LogP contribution is -2.36. The van der Waals surface area contributed by atoms with E-state index >= 15 is 0 Å². The Hall–Kier alpha value is -1.87. The number of hydrogen-bond donors (Lipinski definition) is 1. The van der Waals surface area contributed by atoms with Crippen molar-refractivity contribution in [3.8, 4) is 5.75 Å². The van der Waals surface area contributed by atoms with Gasteiger partial charge in [0, 0.05) is 5.56 Å². The Balaban J connectivity index is 2.18. The Morgan fingerprint density at radius 1 is 1.15 bits per heavy atom. The van der Waals surface area contributed by atoms with Gasteiger partial charge in [0.25, 0.3) is 0 Å². The van der Waals surface area contributed by atoms with E-state index in [-0.39, 0.29) is 5.82 Å². The van der Waals surface area contributed by atoms with Crippen molar-refractivity contribution >= 4 is 0 Å². The lowest BCUT2D eigenvalue weighted by molar-refractivity contribution is 0.412. The van der Waals surface area contributed by atoms with Crippen LogP contribution in [0.15, 0.2) is 36.4 Å². The van der Waals surface area contributed by atoms with E-state index in [1.54, 1.807) is 13.2 Å². The molecule has 20 heavy (non-hydrogen) atoms. The summed E-state index contributed by atoms with van der Waals surface area (Å²) in [5.74, 6) is 0.516. The summed E-state index contributed by atoms with van der Waals surface area (Å²) in [5, 5.41) is 0. The van der Waals surface area contributed by atoms with Gasteiger partial charge >= 0.3 is 0 Å². The van der Waals surface area contributed by atoms with Crippen molar-refractivity contribution in [1.29, 1.82) is 0 Å². The molecule has 1 atom stereocenters. The summed E-state index contributed by atoms with van der Waals surface area (Å²) in [6.45, 7) is 1.95. The van der Waals surface area contributed by atoms with Crippen molar-refractivity contribution in [2.75, 3.05) is 7.11 Å². The molecule has 0 heterocycles. The second-order valence-electron chi connectivity index (χ2n) is 5.48. The zero-order chi connectivity index (χ0) is 14.3. The highest BCUT2D eigenvalue weighted by Gasteiger charge is 2.38. The first-order valence-electron chi connectivity index (χ1n) is 6.77. The first kappa shape index (κ1) is 13.1. The Morgan fingerprint density at radius 2 is 1.95 bits per heavy atom. The summed E-state index contributed by atoms with van der Waals surface area (Å²) < 4.78 is 19.5. The predicted molar refractivity (Wildman–Crippen MR) is 77.4 cm³/mol. The first-order chi connectivity index (χ1) is 9.54. The Labute approximate surface area is 118 Å². The Kier molecular flexibility index (Phi) is 3.02. The highest BCUT2D eigenvalue weighted by molar-refractivity contribution is 5.50. The molecule has 2 nitrogen and oxygen atoms in total. The van der Waals surface area contributed by atoms with E-state index in [0.717, 1.165) is 29.7 Å². The SMILES string of the molecule is COc1ccc2c(c1)C(N)(c1cc(C)ccc1F)CC2. The molecule has 2 aromatic rings. The van der Waals surface area contributed by atoms with Crippen molar-refractivity contribution in [1.82, 2.24) is 0 Å². The summed E-state index contributed by atoms with van der Waals surface area (Å²) in [6.07, 6.45) is 1.58. The van der Waals surface area contributed by atoms with Gasteiger partial charge in [-0.1, -0.05) is 23.8 Å². The van der Waals surface area contributed by atoms with Gasteiger partial charge in [-0.2, -0.15) is 0 Å². The summed E-state index contributed by atoms with van der Waals surface area (Å²) in [4.78, 5) is 0. The second kappa shape index (κ2) is 4.60. The molecule has 3 heteroatoms. The number of rotatable bonds is 2. The molecule has 0 amide bonds. The van der Waals surface area contributed by atoms with Gasteiger partial charge in [-0.3, -0.25) is 0 Å². The zero-order valence-electron chi connectivity index (χ0n) is 11.7. The largest absolute Gasteiger partial charge is 0.497 e. The number of hydrogen-bond acceptors (Lipinski definition) is 2. The smallest absolute Gasteiger partial charge is 0.128 e. The third kappa shape index (κ3) is 1.90. The van der Waals surface area contributed by atoms with Gasteiger partial charge in [0.2, 0.25) is 0 Å². The van der Waals surface area contributed by atoms with Crippen molar-refractivity contribution in [2.24, 2.45) is 5.73 Å². The molecular formula is C17H18FNO. The minimum absolute atomic E-state index is 0.242. The fraction of sp³-hybridized carbons (Fsp3) is 0.294. The lowest BCUT2D eigenvalue weighted by atomic mass is 9.84. The molecule has 2 aromatic carbocycles. The molecule has 0 radical (unpaired) electrons. The van der Waals surface area contributed by atoms with E-state index in [4.69, 9.17) is 10.5 Å². The Bertz CT molecular complexity index is 668. The van der Waals surface area contributed by atoms with E-state index in [9.17, 15) is 4.39 Å². The summed E-state index contributed by atoms with van der Waals surface area (Å²) in [7, 11) is 1.63. The first-order valence-corrected chi connectivity index (χ1v) is 6.77. The molecule has 1 unspecified atom stereocenters. The van der Waals surface area contributed by atoms with Crippen LogP contribution in [-0.2, 0) is 12.0 Å². The van der Waals surface area contributed by atoms with E-state index in [1.807, 2.05) is 31.2 Å². The number of benzene rings is 2. The third-order valence-corrected chi connectivity index (χ3v) is 4.19. The molecule has 1 aliphatic carbocycles. The summed E-state index contributed by atoms with van der Waals surface area (Å²) in [5.41, 5.74) is 9.56. The van der Waals surface area contributed by atoms with Gasteiger partial charge in [0.15, 0.2) is 0 Å². The van der Waals surface area contributed by atoms with Crippen LogP contribution in [0.1, 0.15) is 28.7 Å². The van der Waals surface area contributed by atoms with Gasteiger partial charge in [-0.15, -0.1) is 0 Å². The molecule has 1 aliphatic rings. The maximum Gasteiger partial charge on any atom is 0.128 e. The third-order valence-electron chi connectivity index (χ3n) is 4.19. The average Bonchev–Trinajstić information content (AvgIpc) is 2.79. The number of halogens is 1. The van der Waals surface area contributed by atoms with Crippen LogP contribution < -0.4 is 10.5 Å². The van der Waals surface area contributed by atoms with E-state index in [0.29, 0.717) is 5.56 Å². The number of fused-ring (bicyclic) bond motifs is 1. The number of nitrogens with two attached hydrogens (primary N) is 1. The molecule has 0 saturated carbocycles.